The Bertz CT molecular complexity index is 422. The van der Waals surface area contributed by atoms with Gasteiger partial charge < -0.3 is 10.0 Å². The number of piperidine rings is 1. The quantitative estimate of drug-likeness (QED) is 0.907. The molecule has 98 valence electrons. The van der Waals surface area contributed by atoms with E-state index in [9.17, 15) is 4.79 Å². The molecule has 0 aromatic heterocycles. The van der Waals surface area contributed by atoms with Crippen molar-refractivity contribution in [2.75, 3.05) is 11.4 Å². The molecule has 1 saturated heterocycles. The van der Waals surface area contributed by atoms with Gasteiger partial charge in [0.2, 0.25) is 0 Å². The van der Waals surface area contributed by atoms with E-state index >= 15 is 0 Å². The molecule has 0 bridgehead atoms. The van der Waals surface area contributed by atoms with Crippen LogP contribution < -0.4 is 4.90 Å². The monoisotopic (exact) mass is 267 g/mol. The van der Waals surface area contributed by atoms with Gasteiger partial charge in [0.25, 0.3) is 0 Å². The van der Waals surface area contributed by atoms with E-state index in [0.717, 1.165) is 30.1 Å². The number of hydrogen-bond acceptors (Lipinski definition) is 2. The van der Waals surface area contributed by atoms with E-state index in [4.69, 9.17) is 16.7 Å². The second kappa shape index (κ2) is 6.10. The minimum Gasteiger partial charge on any atom is -0.481 e. The Balaban J connectivity index is 2.12. The average Bonchev–Trinajstić information content (AvgIpc) is 2.37. The number of halogens is 1. The van der Waals surface area contributed by atoms with Crippen LogP contribution in [-0.2, 0) is 4.79 Å². The van der Waals surface area contributed by atoms with Gasteiger partial charge in [0.05, 0.1) is 10.7 Å². The van der Waals surface area contributed by atoms with Crippen LogP contribution in [0.5, 0.6) is 0 Å². The van der Waals surface area contributed by atoms with Crippen LogP contribution in [0.15, 0.2) is 24.3 Å². The van der Waals surface area contributed by atoms with E-state index in [-0.39, 0.29) is 6.42 Å². The molecule has 0 saturated carbocycles. The normalized spacial score (nSPS) is 19.8. The lowest BCUT2D eigenvalue weighted by Gasteiger charge is -2.38. The van der Waals surface area contributed by atoms with Crippen molar-refractivity contribution in [3.63, 3.8) is 0 Å². The first-order valence-corrected chi connectivity index (χ1v) is 6.79. The molecule has 1 fully saturated rings. The lowest BCUT2D eigenvalue weighted by molar-refractivity contribution is -0.137. The molecule has 18 heavy (non-hydrogen) atoms. The molecule has 0 amide bonds. The number of carbonyl (C=O) groups is 1. The lowest BCUT2D eigenvalue weighted by Crippen LogP contribution is -2.40. The number of benzene rings is 1. The number of anilines is 1. The van der Waals surface area contributed by atoms with Gasteiger partial charge in [-0.15, -0.1) is 0 Å². The number of hydrogen-bond donors (Lipinski definition) is 1. The first-order valence-electron chi connectivity index (χ1n) is 6.41. The fourth-order valence-electron chi connectivity index (χ4n) is 2.59. The van der Waals surface area contributed by atoms with E-state index in [1.807, 2.05) is 24.3 Å². The van der Waals surface area contributed by atoms with Crippen molar-refractivity contribution in [2.45, 2.75) is 38.1 Å². The zero-order valence-corrected chi connectivity index (χ0v) is 11.1. The van der Waals surface area contributed by atoms with Gasteiger partial charge >= 0.3 is 5.97 Å². The van der Waals surface area contributed by atoms with Gasteiger partial charge in [-0.1, -0.05) is 23.7 Å². The zero-order chi connectivity index (χ0) is 13.0. The summed E-state index contributed by atoms with van der Waals surface area (Å²) in [4.78, 5) is 13.0. The van der Waals surface area contributed by atoms with Crippen LogP contribution in [0.2, 0.25) is 5.02 Å². The molecule has 2 rings (SSSR count). The lowest BCUT2D eigenvalue weighted by atomic mass is 9.97. The van der Waals surface area contributed by atoms with Gasteiger partial charge in [-0.3, -0.25) is 4.79 Å². The smallest absolute Gasteiger partial charge is 0.303 e. The summed E-state index contributed by atoms with van der Waals surface area (Å²) in [5, 5.41) is 9.56. The molecule has 0 spiro atoms. The van der Waals surface area contributed by atoms with Crippen LogP contribution in [0.1, 0.15) is 32.1 Å². The predicted molar refractivity (Wildman–Crippen MR) is 73.3 cm³/mol. The number of carboxylic acids is 1. The molecule has 3 nitrogen and oxygen atoms in total. The van der Waals surface area contributed by atoms with Crippen molar-refractivity contribution in [3.05, 3.63) is 29.3 Å². The van der Waals surface area contributed by atoms with E-state index in [1.165, 1.54) is 6.42 Å². The minimum atomic E-state index is -0.723. The Kier molecular flexibility index (Phi) is 4.48. The highest BCUT2D eigenvalue weighted by molar-refractivity contribution is 6.33. The summed E-state index contributed by atoms with van der Waals surface area (Å²) in [7, 11) is 0. The van der Waals surface area contributed by atoms with Crippen molar-refractivity contribution in [3.8, 4) is 0 Å². The Labute approximate surface area is 112 Å². The maximum absolute atomic E-state index is 10.7. The highest BCUT2D eigenvalue weighted by Crippen LogP contribution is 2.32. The largest absolute Gasteiger partial charge is 0.481 e. The van der Waals surface area contributed by atoms with Crippen molar-refractivity contribution >= 4 is 23.3 Å². The Morgan fingerprint density at radius 2 is 2.17 bits per heavy atom. The average molecular weight is 268 g/mol. The molecule has 1 unspecified atom stereocenters. The third-order valence-electron chi connectivity index (χ3n) is 3.48. The molecular formula is C14H18ClNO2. The fourth-order valence-corrected chi connectivity index (χ4v) is 2.84. The van der Waals surface area contributed by atoms with E-state index in [0.29, 0.717) is 12.5 Å². The Hall–Kier alpha value is -1.22. The van der Waals surface area contributed by atoms with Crippen LogP contribution in [0, 0.1) is 0 Å². The summed E-state index contributed by atoms with van der Waals surface area (Å²) in [6, 6.07) is 8.10. The SMILES string of the molecule is O=C(O)CCC1CCCCN1c1ccccc1Cl. The van der Waals surface area contributed by atoms with Gasteiger partial charge in [0, 0.05) is 19.0 Å². The number of para-hydroxylation sites is 1. The Morgan fingerprint density at radius 3 is 2.89 bits per heavy atom. The molecule has 4 heteroatoms. The van der Waals surface area contributed by atoms with Crippen LogP contribution in [0.25, 0.3) is 0 Å². The standard InChI is InChI=1S/C14H18ClNO2/c15-12-6-1-2-7-13(12)16-10-4-3-5-11(16)8-9-14(17)18/h1-2,6-7,11H,3-5,8-10H2,(H,17,18). The minimum absolute atomic E-state index is 0.228. The van der Waals surface area contributed by atoms with Crippen LogP contribution >= 0.6 is 11.6 Å². The molecule has 1 aromatic carbocycles. The van der Waals surface area contributed by atoms with Gasteiger partial charge in [-0.05, 0) is 37.8 Å². The van der Waals surface area contributed by atoms with Gasteiger partial charge in [0.15, 0.2) is 0 Å². The van der Waals surface area contributed by atoms with Gasteiger partial charge in [-0.2, -0.15) is 0 Å². The molecule has 0 aliphatic carbocycles. The molecule has 1 atom stereocenters. The van der Waals surface area contributed by atoms with Crippen molar-refractivity contribution in [2.24, 2.45) is 0 Å². The topological polar surface area (TPSA) is 40.5 Å². The van der Waals surface area contributed by atoms with Gasteiger partial charge in [0.1, 0.15) is 0 Å². The summed E-state index contributed by atoms with van der Waals surface area (Å²) in [5.41, 5.74) is 1.04. The van der Waals surface area contributed by atoms with Crippen LogP contribution in [-0.4, -0.2) is 23.7 Å². The number of aliphatic carboxylic acids is 1. The third kappa shape index (κ3) is 3.16. The van der Waals surface area contributed by atoms with Crippen LogP contribution in [0.3, 0.4) is 0 Å². The molecule has 1 aromatic rings. The highest BCUT2D eigenvalue weighted by atomic mass is 35.5. The third-order valence-corrected chi connectivity index (χ3v) is 3.80. The summed E-state index contributed by atoms with van der Waals surface area (Å²) < 4.78 is 0. The Morgan fingerprint density at radius 1 is 1.39 bits per heavy atom. The summed E-state index contributed by atoms with van der Waals surface area (Å²) >= 11 is 6.23. The second-order valence-electron chi connectivity index (χ2n) is 4.73. The van der Waals surface area contributed by atoms with Crippen molar-refractivity contribution < 1.29 is 9.90 Å². The van der Waals surface area contributed by atoms with Crippen LogP contribution in [0.4, 0.5) is 5.69 Å². The maximum atomic E-state index is 10.7. The number of rotatable bonds is 4. The second-order valence-corrected chi connectivity index (χ2v) is 5.13. The first-order chi connectivity index (χ1) is 8.68. The molecular weight excluding hydrogens is 250 g/mol. The fraction of sp³-hybridized carbons (Fsp3) is 0.500. The summed E-state index contributed by atoms with van der Waals surface area (Å²) in [5.74, 6) is -0.723. The van der Waals surface area contributed by atoms with Crippen molar-refractivity contribution in [1.29, 1.82) is 0 Å². The summed E-state index contributed by atoms with van der Waals surface area (Å²) in [6.45, 7) is 0.966. The molecule has 1 aliphatic heterocycles. The number of carboxylic acid groups (broad SMARTS) is 1. The van der Waals surface area contributed by atoms with Crippen molar-refractivity contribution in [1.82, 2.24) is 0 Å². The van der Waals surface area contributed by atoms with E-state index < -0.39 is 5.97 Å². The van der Waals surface area contributed by atoms with E-state index in [2.05, 4.69) is 4.90 Å². The molecule has 1 N–H and O–H groups in total. The molecule has 1 heterocycles. The van der Waals surface area contributed by atoms with E-state index in [1.54, 1.807) is 0 Å². The zero-order valence-electron chi connectivity index (χ0n) is 10.3. The molecule has 1 aliphatic rings. The highest BCUT2D eigenvalue weighted by Gasteiger charge is 2.24. The molecule has 0 radical (unpaired) electrons. The predicted octanol–water partition coefficient (Wildman–Crippen LogP) is 3.56. The number of nitrogens with zero attached hydrogens (tertiary/aromatic N) is 1. The summed E-state index contributed by atoms with van der Waals surface area (Å²) in [6.07, 6.45) is 4.30. The maximum Gasteiger partial charge on any atom is 0.303 e. The van der Waals surface area contributed by atoms with Gasteiger partial charge in [-0.25, -0.2) is 0 Å². The first kappa shape index (κ1) is 13.2.